The molecule has 0 radical (unpaired) electrons. The van der Waals surface area contributed by atoms with Crippen LogP contribution in [0, 0.1) is 11.3 Å². The monoisotopic (exact) mass is 180 g/mol. The van der Waals surface area contributed by atoms with Gasteiger partial charge in [-0.15, -0.1) is 0 Å². The topological polar surface area (TPSA) is 17.1 Å². The molecule has 0 aromatic carbocycles. The maximum Gasteiger partial charge on any atom is 0.136 e. The summed E-state index contributed by atoms with van der Waals surface area (Å²) < 4.78 is 0. The summed E-state index contributed by atoms with van der Waals surface area (Å²) in [6.45, 7) is 10.4. The minimum Gasteiger partial charge on any atom is -0.299 e. The molecule has 0 amide bonds. The largest absolute Gasteiger partial charge is 0.299 e. The molecule has 74 valence electrons. The van der Waals surface area contributed by atoms with Gasteiger partial charge in [0.05, 0.1) is 0 Å². The van der Waals surface area contributed by atoms with E-state index in [0.717, 1.165) is 12.8 Å². The second-order valence-electron chi connectivity index (χ2n) is 4.82. The maximum absolute atomic E-state index is 11.6. The lowest BCUT2D eigenvalue weighted by molar-refractivity contribution is -0.128. The van der Waals surface area contributed by atoms with Crippen LogP contribution < -0.4 is 0 Å². The Labute approximate surface area is 81.2 Å². The van der Waals surface area contributed by atoms with Crippen LogP contribution in [0.3, 0.4) is 0 Å². The van der Waals surface area contributed by atoms with Gasteiger partial charge in [0.25, 0.3) is 0 Å². The molecule has 0 N–H and O–H groups in total. The van der Waals surface area contributed by atoms with Gasteiger partial charge in [-0.25, -0.2) is 0 Å². The zero-order valence-electron chi connectivity index (χ0n) is 9.40. The third kappa shape index (κ3) is 1.70. The summed E-state index contributed by atoms with van der Waals surface area (Å²) in [5, 5.41) is 0. The van der Waals surface area contributed by atoms with Gasteiger partial charge in [-0.05, 0) is 39.5 Å². The van der Waals surface area contributed by atoms with Crippen LogP contribution in [0.5, 0.6) is 0 Å². The molecule has 0 unspecified atom stereocenters. The van der Waals surface area contributed by atoms with Crippen molar-refractivity contribution >= 4 is 5.78 Å². The van der Waals surface area contributed by atoms with Gasteiger partial charge in [0.15, 0.2) is 0 Å². The second kappa shape index (κ2) is 3.28. The minimum absolute atomic E-state index is 0.108. The van der Waals surface area contributed by atoms with E-state index in [4.69, 9.17) is 0 Å². The van der Waals surface area contributed by atoms with Crippen LogP contribution in [-0.2, 0) is 4.79 Å². The molecule has 0 heterocycles. The smallest absolute Gasteiger partial charge is 0.136 e. The highest BCUT2D eigenvalue weighted by atomic mass is 16.1. The Balaban J connectivity index is 2.99. The fraction of sp³-hybridized carbons (Fsp3) is 0.750. The molecular weight excluding hydrogens is 160 g/mol. The Morgan fingerprint density at radius 2 is 1.92 bits per heavy atom. The van der Waals surface area contributed by atoms with E-state index in [1.54, 1.807) is 6.92 Å². The Kier molecular flexibility index (Phi) is 2.65. The first-order valence-corrected chi connectivity index (χ1v) is 5.04. The van der Waals surface area contributed by atoms with E-state index >= 15 is 0 Å². The molecule has 0 aliphatic heterocycles. The first-order chi connectivity index (χ1) is 5.88. The van der Waals surface area contributed by atoms with Crippen LogP contribution >= 0.6 is 0 Å². The summed E-state index contributed by atoms with van der Waals surface area (Å²) in [5.41, 5.74) is 2.78. The maximum atomic E-state index is 11.6. The van der Waals surface area contributed by atoms with Crippen molar-refractivity contribution in [1.29, 1.82) is 0 Å². The van der Waals surface area contributed by atoms with Gasteiger partial charge in [0, 0.05) is 5.41 Å². The molecule has 1 rings (SSSR count). The predicted molar refractivity (Wildman–Crippen MR) is 55.6 cm³/mol. The molecule has 13 heavy (non-hydrogen) atoms. The lowest BCUT2D eigenvalue weighted by Gasteiger charge is -2.38. The molecule has 1 aliphatic carbocycles. The van der Waals surface area contributed by atoms with Gasteiger partial charge in [0.1, 0.15) is 5.78 Å². The van der Waals surface area contributed by atoms with E-state index in [1.165, 1.54) is 11.1 Å². The molecule has 1 heteroatoms. The fourth-order valence-electron chi connectivity index (χ4n) is 2.21. The lowest BCUT2D eigenvalue weighted by Crippen LogP contribution is -2.36. The standard InChI is InChI=1S/C12H20O/c1-8-6-10(3)12(5,11(4)13)7-9(8)2/h10H,6-7H2,1-5H3/t10-,12+/m0/s1. The molecule has 2 atom stereocenters. The molecule has 0 bridgehead atoms. The zero-order valence-corrected chi connectivity index (χ0v) is 9.40. The van der Waals surface area contributed by atoms with Crippen LogP contribution in [-0.4, -0.2) is 5.78 Å². The number of ketones is 1. The summed E-state index contributed by atoms with van der Waals surface area (Å²) in [4.78, 5) is 11.6. The first-order valence-electron chi connectivity index (χ1n) is 5.04. The van der Waals surface area contributed by atoms with Crippen LogP contribution in [0.4, 0.5) is 0 Å². The number of carbonyl (C=O) groups is 1. The summed E-state index contributed by atoms with van der Waals surface area (Å²) >= 11 is 0. The van der Waals surface area contributed by atoms with Crippen molar-refractivity contribution < 1.29 is 4.79 Å². The van der Waals surface area contributed by atoms with Crippen molar-refractivity contribution in [1.82, 2.24) is 0 Å². The van der Waals surface area contributed by atoms with E-state index in [9.17, 15) is 4.79 Å². The highest BCUT2D eigenvalue weighted by Crippen LogP contribution is 2.43. The average Bonchev–Trinajstić information content (AvgIpc) is 2.01. The summed E-state index contributed by atoms with van der Waals surface area (Å²) in [6, 6.07) is 0. The number of carbonyl (C=O) groups excluding carboxylic acids is 1. The number of rotatable bonds is 1. The Bertz CT molecular complexity index is 262. The first kappa shape index (κ1) is 10.5. The number of allylic oxidation sites excluding steroid dienone is 2. The third-order valence-corrected chi connectivity index (χ3v) is 3.87. The van der Waals surface area contributed by atoms with Crippen molar-refractivity contribution in [3.8, 4) is 0 Å². The minimum atomic E-state index is -0.108. The quantitative estimate of drug-likeness (QED) is 0.565. The average molecular weight is 180 g/mol. The number of Topliss-reactive ketones (excluding diaryl/α,β-unsaturated/α-hetero) is 1. The second-order valence-corrected chi connectivity index (χ2v) is 4.82. The van der Waals surface area contributed by atoms with Crippen LogP contribution in [0.25, 0.3) is 0 Å². The van der Waals surface area contributed by atoms with Crippen molar-refractivity contribution in [3.05, 3.63) is 11.1 Å². The fourth-order valence-corrected chi connectivity index (χ4v) is 2.21. The highest BCUT2D eigenvalue weighted by molar-refractivity contribution is 5.82. The van der Waals surface area contributed by atoms with Crippen molar-refractivity contribution in [2.24, 2.45) is 11.3 Å². The molecular formula is C12H20O. The molecule has 0 saturated heterocycles. The van der Waals surface area contributed by atoms with Crippen LogP contribution in [0.2, 0.25) is 0 Å². The Hall–Kier alpha value is -0.590. The summed E-state index contributed by atoms with van der Waals surface area (Å²) in [7, 11) is 0. The SMILES string of the molecule is CC(=O)[C@]1(C)CC(C)=C(C)C[C@@H]1C. The van der Waals surface area contributed by atoms with E-state index in [-0.39, 0.29) is 5.41 Å². The molecule has 0 spiro atoms. The molecule has 1 aliphatic rings. The van der Waals surface area contributed by atoms with Gasteiger partial charge < -0.3 is 0 Å². The van der Waals surface area contributed by atoms with E-state index in [1.807, 2.05) is 0 Å². The molecule has 0 aromatic heterocycles. The lowest BCUT2D eigenvalue weighted by atomic mass is 9.65. The zero-order chi connectivity index (χ0) is 10.2. The normalized spacial score (nSPS) is 35.0. The molecule has 0 fully saturated rings. The number of hydrogen-bond donors (Lipinski definition) is 0. The van der Waals surface area contributed by atoms with Gasteiger partial charge in [0.2, 0.25) is 0 Å². The van der Waals surface area contributed by atoms with Gasteiger partial charge in [-0.3, -0.25) is 4.79 Å². The Morgan fingerprint density at radius 3 is 2.38 bits per heavy atom. The van der Waals surface area contributed by atoms with Crippen molar-refractivity contribution in [3.63, 3.8) is 0 Å². The van der Waals surface area contributed by atoms with E-state index in [0.29, 0.717) is 11.7 Å². The predicted octanol–water partition coefficient (Wildman–Crippen LogP) is 3.35. The molecule has 0 saturated carbocycles. The molecule has 0 aromatic rings. The van der Waals surface area contributed by atoms with Gasteiger partial charge >= 0.3 is 0 Å². The third-order valence-electron chi connectivity index (χ3n) is 3.87. The van der Waals surface area contributed by atoms with Crippen LogP contribution in [0.15, 0.2) is 11.1 Å². The van der Waals surface area contributed by atoms with Crippen molar-refractivity contribution in [2.75, 3.05) is 0 Å². The summed E-state index contributed by atoms with van der Waals surface area (Å²) in [6.07, 6.45) is 2.04. The van der Waals surface area contributed by atoms with Gasteiger partial charge in [-0.1, -0.05) is 25.0 Å². The van der Waals surface area contributed by atoms with Crippen LogP contribution in [0.1, 0.15) is 47.5 Å². The highest BCUT2D eigenvalue weighted by Gasteiger charge is 2.38. The van der Waals surface area contributed by atoms with Gasteiger partial charge in [-0.2, -0.15) is 0 Å². The molecule has 1 nitrogen and oxygen atoms in total. The Morgan fingerprint density at radius 1 is 1.38 bits per heavy atom. The number of hydrogen-bond acceptors (Lipinski definition) is 1. The van der Waals surface area contributed by atoms with Crippen molar-refractivity contribution in [2.45, 2.75) is 47.5 Å². The summed E-state index contributed by atoms with van der Waals surface area (Å²) in [5.74, 6) is 0.834. The van der Waals surface area contributed by atoms with E-state index < -0.39 is 0 Å². The van der Waals surface area contributed by atoms with E-state index in [2.05, 4.69) is 27.7 Å².